The Bertz CT molecular complexity index is 570. The highest BCUT2D eigenvalue weighted by atomic mass is 19.4. The van der Waals surface area contributed by atoms with Gasteiger partial charge in [0.15, 0.2) is 0 Å². The van der Waals surface area contributed by atoms with Crippen molar-refractivity contribution in [2.75, 3.05) is 0 Å². The molecule has 114 valence electrons. The summed E-state index contributed by atoms with van der Waals surface area (Å²) in [5.41, 5.74) is -0.537. The van der Waals surface area contributed by atoms with Gasteiger partial charge in [-0.1, -0.05) is 26.0 Å². The van der Waals surface area contributed by atoms with E-state index in [2.05, 4.69) is 5.32 Å². The van der Waals surface area contributed by atoms with E-state index in [0.29, 0.717) is 0 Å². The summed E-state index contributed by atoms with van der Waals surface area (Å²) in [7, 11) is 0. The zero-order chi connectivity index (χ0) is 15.8. The molecule has 0 aromatic heterocycles. The van der Waals surface area contributed by atoms with Crippen LogP contribution in [0.3, 0.4) is 0 Å². The smallest absolute Gasteiger partial charge is 0.326 e. The lowest BCUT2D eigenvalue weighted by Crippen LogP contribution is -2.34. The van der Waals surface area contributed by atoms with E-state index >= 15 is 0 Å². The van der Waals surface area contributed by atoms with Crippen LogP contribution >= 0.6 is 0 Å². The summed E-state index contributed by atoms with van der Waals surface area (Å²) in [4.78, 5) is 24.8. The van der Waals surface area contributed by atoms with Gasteiger partial charge in [0, 0.05) is 0 Å². The number of benzene rings is 1. The number of hydrogen-bond donors (Lipinski definition) is 1. The SMILES string of the molecule is CC(C)C1NC(=O)N(Cc2cccc(C(F)(F)F)c2)C1=O. The molecule has 1 fully saturated rings. The van der Waals surface area contributed by atoms with E-state index < -0.39 is 29.7 Å². The number of carbonyl (C=O) groups excluding carboxylic acids is 2. The highest BCUT2D eigenvalue weighted by molar-refractivity contribution is 6.04. The van der Waals surface area contributed by atoms with Crippen molar-refractivity contribution in [2.24, 2.45) is 5.92 Å². The average molecular weight is 300 g/mol. The van der Waals surface area contributed by atoms with Crippen LogP contribution in [0.1, 0.15) is 25.0 Å². The van der Waals surface area contributed by atoms with Crippen molar-refractivity contribution in [3.05, 3.63) is 35.4 Å². The molecule has 4 nitrogen and oxygen atoms in total. The second-order valence-corrected chi connectivity index (χ2v) is 5.29. The van der Waals surface area contributed by atoms with E-state index in [1.807, 2.05) is 0 Å². The number of nitrogens with zero attached hydrogens (tertiary/aromatic N) is 1. The topological polar surface area (TPSA) is 49.4 Å². The fraction of sp³-hybridized carbons (Fsp3) is 0.429. The van der Waals surface area contributed by atoms with Crippen molar-refractivity contribution < 1.29 is 22.8 Å². The summed E-state index contributed by atoms with van der Waals surface area (Å²) in [5, 5.41) is 2.53. The molecule has 21 heavy (non-hydrogen) atoms. The van der Waals surface area contributed by atoms with E-state index in [1.165, 1.54) is 12.1 Å². The molecule has 2 rings (SSSR count). The maximum Gasteiger partial charge on any atom is 0.416 e. The van der Waals surface area contributed by atoms with Crippen LogP contribution in [-0.2, 0) is 17.5 Å². The number of amides is 3. The Kier molecular flexibility index (Phi) is 3.93. The molecule has 7 heteroatoms. The van der Waals surface area contributed by atoms with Gasteiger partial charge in [0.2, 0.25) is 0 Å². The highest BCUT2D eigenvalue weighted by Crippen LogP contribution is 2.30. The molecule has 0 spiro atoms. The number of hydrogen-bond acceptors (Lipinski definition) is 2. The van der Waals surface area contributed by atoms with Crippen molar-refractivity contribution in [1.29, 1.82) is 0 Å². The molecule has 0 saturated carbocycles. The highest BCUT2D eigenvalue weighted by Gasteiger charge is 2.39. The van der Waals surface area contributed by atoms with E-state index in [0.717, 1.165) is 17.0 Å². The molecular weight excluding hydrogens is 285 g/mol. The third-order valence-electron chi connectivity index (χ3n) is 3.32. The molecule has 1 aromatic rings. The molecule has 0 aliphatic carbocycles. The minimum atomic E-state index is -4.45. The molecule has 1 unspecified atom stereocenters. The summed E-state index contributed by atoms with van der Waals surface area (Å²) in [5.74, 6) is -0.486. The van der Waals surface area contributed by atoms with Gasteiger partial charge in [0.25, 0.3) is 5.91 Å². The maximum atomic E-state index is 12.6. The second-order valence-electron chi connectivity index (χ2n) is 5.29. The Morgan fingerprint density at radius 3 is 2.48 bits per heavy atom. The fourth-order valence-electron chi connectivity index (χ4n) is 2.17. The molecule has 1 N–H and O–H groups in total. The predicted molar refractivity (Wildman–Crippen MR) is 69.2 cm³/mol. The Balaban J connectivity index is 2.19. The number of nitrogens with one attached hydrogen (secondary N) is 1. The normalized spacial score (nSPS) is 19.3. The Morgan fingerprint density at radius 1 is 1.29 bits per heavy atom. The lowest BCUT2D eigenvalue weighted by Gasteiger charge is -2.15. The van der Waals surface area contributed by atoms with Crippen LogP contribution in [0.5, 0.6) is 0 Å². The van der Waals surface area contributed by atoms with Gasteiger partial charge in [-0.05, 0) is 23.6 Å². The molecule has 1 aliphatic rings. The molecule has 0 bridgehead atoms. The monoisotopic (exact) mass is 300 g/mol. The molecular formula is C14H15F3N2O2. The lowest BCUT2D eigenvalue weighted by atomic mass is 10.0. The van der Waals surface area contributed by atoms with Crippen molar-refractivity contribution in [2.45, 2.75) is 32.6 Å². The fourth-order valence-corrected chi connectivity index (χ4v) is 2.17. The first-order chi connectivity index (χ1) is 9.70. The average Bonchev–Trinajstić information content (AvgIpc) is 2.66. The van der Waals surface area contributed by atoms with Crippen LogP contribution in [-0.4, -0.2) is 22.9 Å². The summed E-state index contributed by atoms with van der Waals surface area (Å²) in [6.45, 7) is 3.41. The maximum absolute atomic E-state index is 12.6. The van der Waals surface area contributed by atoms with Crippen molar-refractivity contribution in [3.63, 3.8) is 0 Å². The number of carbonyl (C=O) groups is 2. The van der Waals surface area contributed by atoms with Crippen molar-refractivity contribution >= 4 is 11.9 Å². The lowest BCUT2D eigenvalue weighted by molar-refractivity contribution is -0.137. The number of alkyl halides is 3. The minimum absolute atomic E-state index is 0.0760. The van der Waals surface area contributed by atoms with E-state index in [1.54, 1.807) is 13.8 Å². The Morgan fingerprint density at radius 2 is 1.95 bits per heavy atom. The third-order valence-corrected chi connectivity index (χ3v) is 3.32. The number of halogens is 3. The van der Waals surface area contributed by atoms with Gasteiger partial charge in [-0.3, -0.25) is 9.69 Å². The molecule has 1 aromatic carbocycles. The molecule has 1 saturated heterocycles. The minimum Gasteiger partial charge on any atom is -0.326 e. The van der Waals surface area contributed by atoms with E-state index in [-0.39, 0.29) is 18.0 Å². The third kappa shape index (κ3) is 3.17. The van der Waals surface area contributed by atoms with Crippen LogP contribution in [0.15, 0.2) is 24.3 Å². The Hall–Kier alpha value is -2.05. The van der Waals surface area contributed by atoms with E-state index in [4.69, 9.17) is 0 Å². The second kappa shape index (κ2) is 5.38. The van der Waals surface area contributed by atoms with Crippen LogP contribution < -0.4 is 5.32 Å². The molecule has 1 heterocycles. The number of rotatable bonds is 3. The van der Waals surface area contributed by atoms with Crippen molar-refractivity contribution in [1.82, 2.24) is 10.2 Å². The summed E-state index contributed by atoms with van der Waals surface area (Å²) in [6.07, 6.45) is -4.45. The first-order valence-electron chi connectivity index (χ1n) is 6.48. The zero-order valence-corrected chi connectivity index (χ0v) is 11.6. The van der Waals surface area contributed by atoms with Gasteiger partial charge in [0.05, 0.1) is 12.1 Å². The first kappa shape index (κ1) is 15.3. The van der Waals surface area contributed by atoms with Crippen molar-refractivity contribution in [3.8, 4) is 0 Å². The quantitative estimate of drug-likeness (QED) is 0.873. The zero-order valence-electron chi connectivity index (χ0n) is 11.6. The molecule has 3 amide bonds. The van der Waals surface area contributed by atoms with Gasteiger partial charge in [-0.2, -0.15) is 13.2 Å². The van der Waals surface area contributed by atoms with Gasteiger partial charge in [-0.15, -0.1) is 0 Å². The van der Waals surface area contributed by atoms with Gasteiger partial charge >= 0.3 is 12.2 Å². The molecule has 0 radical (unpaired) electrons. The molecule has 1 aliphatic heterocycles. The van der Waals surface area contributed by atoms with Crippen LogP contribution in [0.25, 0.3) is 0 Å². The largest absolute Gasteiger partial charge is 0.416 e. The van der Waals surface area contributed by atoms with E-state index in [9.17, 15) is 22.8 Å². The van der Waals surface area contributed by atoms with Gasteiger partial charge in [-0.25, -0.2) is 4.79 Å². The van der Waals surface area contributed by atoms with Crippen LogP contribution in [0, 0.1) is 5.92 Å². The summed E-state index contributed by atoms with van der Waals surface area (Å²) >= 11 is 0. The predicted octanol–water partition coefficient (Wildman–Crippen LogP) is 2.78. The number of imide groups is 1. The van der Waals surface area contributed by atoms with Crippen LogP contribution in [0.2, 0.25) is 0 Å². The molecule has 1 atom stereocenters. The number of urea groups is 1. The Labute approximate surface area is 119 Å². The summed E-state index contributed by atoms with van der Waals surface area (Å²) in [6, 6.07) is 3.42. The van der Waals surface area contributed by atoms with Crippen LogP contribution in [0.4, 0.5) is 18.0 Å². The van der Waals surface area contributed by atoms with Gasteiger partial charge in [0.1, 0.15) is 6.04 Å². The summed E-state index contributed by atoms with van der Waals surface area (Å²) < 4.78 is 37.9. The van der Waals surface area contributed by atoms with Gasteiger partial charge < -0.3 is 5.32 Å². The first-order valence-corrected chi connectivity index (χ1v) is 6.48. The standard InChI is InChI=1S/C14H15F3N2O2/c1-8(2)11-12(20)19(13(21)18-11)7-9-4-3-5-10(6-9)14(15,16)17/h3-6,8,11H,7H2,1-2H3,(H,18,21).